The molecule has 52 heavy (non-hydrogen) atoms. The molecule has 3 heterocycles. The van der Waals surface area contributed by atoms with Gasteiger partial charge in [-0.15, -0.1) is 0 Å². The summed E-state index contributed by atoms with van der Waals surface area (Å²) in [5, 5.41) is 2.85. The van der Waals surface area contributed by atoms with Crippen molar-refractivity contribution >= 4 is 41.3 Å². The maximum Gasteiger partial charge on any atom is 0.446 e. The third-order valence-electron chi connectivity index (χ3n) is 8.76. The Labute approximate surface area is 300 Å². The quantitative estimate of drug-likeness (QED) is 0.0661. The molecule has 14 heteroatoms. The first-order valence-electron chi connectivity index (χ1n) is 15.8. The van der Waals surface area contributed by atoms with Crippen LogP contribution in [0, 0.1) is 0 Å². The lowest BCUT2D eigenvalue weighted by atomic mass is 9.68. The minimum absolute atomic E-state index is 0.00665. The van der Waals surface area contributed by atoms with E-state index in [0.717, 1.165) is 17.0 Å². The molecule has 0 spiro atoms. The molecule has 2 aromatic heterocycles. The first-order chi connectivity index (χ1) is 24.9. The number of carbonyl (C=O) groups excluding carboxylic acids is 4. The number of alkyl halides is 3. The Balaban J connectivity index is 1.45. The number of esters is 2. The van der Waals surface area contributed by atoms with Crippen LogP contribution in [-0.4, -0.2) is 44.9 Å². The highest BCUT2D eigenvalue weighted by Gasteiger charge is 2.59. The van der Waals surface area contributed by atoms with Crippen molar-refractivity contribution in [1.29, 1.82) is 0 Å². The van der Waals surface area contributed by atoms with E-state index in [9.17, 15) is 32.3 Å². The van der Waals surface area contributed by atoms with Crippen LogP contribution in [0.1, 0.15) is 57.5 Å². The van der Waals surface area contributed by atoms with Crippen molar-refractivity contribution in [2.24, 2.45) is 0 Å². The predicted molar refractivity (Wildman–Crippen MR) is 185 cm³/mol. The number of urea groups is 1. The number of para-hydroxylation sites is 2. The number of aromatic nitrogens is 2. The van der Waals surface area contributed by atoms with Crippen molar-refractivity contribution in [2.45, 2.75) is 41.6 Å². The maximum absolute atomic E-state index is 14.9. The molecule has 1 aliphatic heterocycles. The highest BCUT2D eigenvalue weighted by atomic mass is 32.2. The van der Waals surface area contributed by atoms with Gasteiger partial charge in [0.1, 0.15) is 17.0 Å². The van der Waals surface area contributed by atoms with Gasteiger partial charge in [0.25, 0.3) is 5.91 Å². The molecule has 1 saturated heterocycles. The molecule has 3 amide bonds. The summed E-state index contributed by atoms with van der Waals surface area (Å²) in [6.07, 6.45) is 5.44. The SMILES string of the molecule is CC(c1ccncc1C(=O)Oc1ccccc1)C1(C(C)c2ccncc2C(=O)Oc2ccccc2)NC(=O)N(c2ccc(SC(F)(F)F)cc2)C1=O. The molecule has 2 atom stereocenters. The molecule has 1 aliphatic rings. The summed E-state index contributed by atoms with van der Waals surface area (Å²) in [6.45, 7) is 3.28. The number of hydrogen-bond acceptors (Lipinski definition) is 9. The topological polar surface area (TPSA) is 128 Å². The van der Waals surface area contributed by atoms with E-state index in [1.54, 1.807) is 74.5 Å². The first-order valence-corrected chi connectivity index (χ1v) is 16.7. The fourth-order valence-corrected chi connectivity index (χ4v) is 6.79. The summed E-state index contributed by atoms with van der Waals surface area (Å²) in [5.41, 5.74) is -5.84. The number of imide groups is 1. The molecule has 5 aromatic rings. The zero-order chi connectivity index (χ0) is 37.0. The van der Waals surface area contributed by atoms with E-state index in [1.165, 1.54) is 49.1 Å². The Morgan fingerprint density at radius 2 is 1.19 bits per heavy atom. The van der Waals surface area contributed by atoms with Gasteiger partial charge >= 0.3 is 23.5 Å². The molecule has 264 valence electrons. The Hall–Kier alpha value is -6.02. The molecule has 0 radical (unpaired) electrons. The van der Waals surface area contributed by atoms with Gasteiger partial charge in [-0.1, -0.05) is 50.2 Å². The molecule has 2 unspecified atom stereocenters. The van der Waals surface area contributed by atoms with E-state index in [-0.39, 0.29) is 56.1 Å². The zero-order valence-electron chi connectivity index (χ0n) is 27.5. The second kappa shape index (κ2) is 14.7. The normalized spacial score (nSPS) is 16.9. The van der Waals surface area contributed by atoms with Crippen LogP contribution in [0.3, 0.4) is 0 Å². The largest absolute Gasteiger partial charge is 0.446 e. The summed E-state index contributed by atoms with van der Waals surface area (Å²) in [4.78, 5) is 64.9. The molecular formula is C38H29F3N4O6S. The Bertz CT molecular complexity index is 2010. The second-order valence-corrected chi connectivity index (χ2v) is 12.9. The summed E-state index contributed by atoms with van der Waals surface area (Å²) in [5.74, 6) is -3.81. The number of amides is 3. The van der Waals surface area contributed by atoms with E-state index in [4.69, 9.17) is 9.47 Å². The number of nitrogens with one attached hydrogen (secondary N) is 1. The Morgan fingerprint density at radius 1 is 0.731 bits per heavy atom. The number of benzene rings is 3. The van der Waals surface area contributed by atoms with Gasteiger partial charge in [-0.2, -0.15) is 13.2 Å². The van der Waals surface area contributed by atoms with Crippen molar-refractivity contribution in [3.8, 4) is 11.5 Å². The van der Waals surface area contributed by atoms with Gasteiger partial charge in [-0.25, -0.2) is 19.3 Å². The van der Waals surface area contributed by atoms with Crippen LogP contribution in [0.4, 0.5) is 23.7 Å². The summed E-state index contributed by atoms with van der Waals surface area (Å²) in [6, 6.07) is 23.6. The highest BCUT2D eigenvalue weighted by molar-refractivity contribution is 8.00. The highest BCUT2D eigenvalue weighted by Crippen LogP contribution is 2.47. The van der Waals surface area contributed by atoms with Crippen LogP contribution in [0.15, 0.2) is 127 Å². The average molecular weight is 727 g/mol. The lowest BCUT2D eigenvalue weighted by Gasteiger charge is -2.39. The second-order valence-electron chi connectivity index (χ2n) is 11.8. The smallest absolute Gasteiger partial charge is 0.423 e. The standard InChI is InChI=1S/C38H29F3N4O6S/c1-23(29-17-19-42-21-31(29)33(46)50-26-9-5-3-6-10-26)37(24(2)30-18-20-43-22-32(30)34(47)51-27-11-7-4-8-12-27)35(48)45(36(49)44-37)25-13-15-28(16-14-25)52-38(39,40)41/h3-24H,1-2H3,(H,44,49). The molecular weight excluding hydrogens is 698 g/mol. The van der Waals surface area contributed by atoms with Gasteiger partial charge in [0.2, 0.25) is 0 Å². The monoisotopic (exact) mass is 726 g/mol. The van der Waals surface area contributed by atoms with Crippen molar-refractivity contribution in [1.82, 2.24) is 15.3 Å². The zero-order valence-corrected chi connectivity index (χ0v) is 28.4. The van der Waals surface area contributed by atoms with Crippen LogP contribution >= 0.6 is 11.8 Å². The van der Waals surface area contributed by atoms with Crippen LogP contribution in [0.2, 0.25) is 0 Å². The Kier molecular flexibility index (Phi) is 10.1. The lowest BCUT2D eigenvalue weighted by Crippen LogP contribution is -2.55. The lowest BCUT2D eigenvalue weighted by molar-refractivity contribution is -0.123. The third-order valence-corrected chi connectivity index (χ3v) is 9.50. The van der Waals surface area contributed by atoms with Gasteiger partial charge < -0.3 is 14.8 Å². The van der Waals surface area contributed by atoms with Gasteiger partial charge in [0.05, 0.1) is 16.8 Å². The molecule has 1 fully saturated rings. The van der Waals surface area contributed by atoms with Gasteiger partial charge in [-0.3, -0.25) is 14.8 Å². The number of hydrogen-bond donors (Lipinski definition) is 1. The number of carbonyl (C=O) groups is 4. The summed E-state index contributed by atoms with van der Waals surface area (Å²) < 4.78 is 50.4. The van der Waals surface area contributed by atoms with Crippen molar-refractivity contribution in [2.75, 3.05) is 4.90 Å². The molecule has 1 N–H and O–H groups in total. The van der Waals surface area contributed by atoms with E-state index in [1.807, 2.05) is 0 Å². The molecule has 0 aliphatic carbocycles. The molecule has 6 rings (SSSR count). The van der Waals surface area contributed by atoms with E-state index >= 15 is 0 Å². The number of thioether (sulfide) groups is 1. The third kappa shape index (κ3) is 7.23. The minimum atomic E-state index is -4.55. The molecule has 0 saturated carbocycles. The van der Waals surface area contributed by atoms with Crippen LogP contribution in [0.25, 0.3) is 0 Å². The molecule has 0 bridgehead atoms. The van der Waals surface area contributed by atoms with Crippen LogP contribution in [-0.2, 0) is 4.79 Å². The maximum atomic E-state index is 14.9. The van der Waals surface area contributed by atoms with Gasteiger partial charge in [0, 0.05) is 41.5 Å². The first kappa shape index (κ1) is 35.8. The predicted octanol–water partition coefficient (Wildman–Crippen LogP) is 7.93. The number of anilines is 1. The summed E-state index contributed by atoms with van der Waals surface area (Å²) in [7, 11) is 0. The Morgan fingerprint density at radius 3 is 1.63 bits per heavy atom. The van der Waals surface area contributed by atoms with Crippen LogP contribution in [0.5, 0.6) is 11.5 Å². The van der Waals surface area contributed by atoms with Crippen LogP contribution < -0.4 is 19.7 Å². The van der Waals surface area contributed by atoms with Crippen molar-refractivity contribution in [3.05, 3.63) is 144 Å². The number of pyridine rings is 2. The number of nitrogens with zero attached hydrogens (tertiary/aromatic N) is 3. The fraction of sp³-hybridized carbons (Fsp3) is 0.158. The van der Waals surface area contributed by atoms with Crippen molar-refractivity contribution in [3.63, 3.8) is 0 Å². The number of halogens is 3. The van der Waals surface area contributed by atoms with Crippen molar-refractivity contribution < 1.29 is 41.8 Å². The van der Waals surface area contributed by atoms with E-state index in [0.29, 0.717) is 0 Å². The van der Waals surface area contributed by atoms with E-state index in [2.05, 4.69) is 15.3 Å². The number of ether oxygens (including phenoxy) is 2. The van der Waals surface area contributed by atoms with E-state index < -0.39 is 46.8 Å². The van der Waals surface area contributed by atoms with Gasteiger partial charge in [-0.05, 0) is 83.6 Å². The van der Waals surface area contributed by atoms with Gasteiger partial charge in [0.15, 0.2) is 0 Å². The molecule has 3 aromatic carbocycles. The number of rotatable bonds is 10. The summed E-state index contributed by atoms with van der Waals surface area (Å²) >= 11 is -0.336. The molecule has 10 nitrogen and oxygen atoms in total. The average Bonchev–Trinajstić information content (AvgIpc) is 3.41. The minimum Gasteiger partial charge on any atom is -0.423 e. The fourth-order valence-electron chi connectivity index (χ4n) is 6.26.